The minimum atomic E-state index is -0.657. The van der Waals surface area contributed by atoms with Crippen molar-refractivity contribution in [3.63, 3.8) is 0 Å². The number of aliphatic hydroxyl groups excluding tert-OH is 2. The Kier molecular flexibility index (Phi) is 15.8. The maximum Gasteiger partial charge on any atom is 0.331 e. The number of aliphatic hydroxyl groups is 2. The molecule has 9 nitrogen and oxygen atoms in total. The Labute approximate surface area is 327 Å². The average Bonchev–Trinajstić information content (AvgIpc) is 3.54. The highest BCUT2D eigenvalue weighted by Crippen LogP contribution is 2.39. The Balaban J connectivity index is 0.000000246. The van der Waals surface area contributed by atoms with Gasteiger partial charge in [0, 0.05) is 22.9 Å². The normalized spacial score (nSPS) is 16.6. The van der Waals surface area contributed by atoms with Crippen molar-refractivity contribution >= 4 is 39.1 Å². The van der Waals surface area contributed by atoms with E-state index in [0.717, 1.165) is 33.4 Å². The van der Waals surface area contributed by atoms with Crippen LogP contribution in [0.15, 0.2) is 109 Å². The Morgan fingerprint density at radius 1 is 0.818 bits per heavy atom. The first-order valence-corrected chi connectivity index (χ1v) is 18.8. The number of amides is 1. The van der Waals surface area contributed by atoms with Gasteiger partial charge in [0.25, 0.3) is 7.41 Å². The molecule has 0 spiro atoms. The van der Waals surface area contributed by atoms with Crippen molar-refractivity contribution < 1.29 is 34.1 Å². The molecule has 5 rings (SSSR count). The van der Waals surface area contributed by atoms with E-state index in [2.05, 4.69) is 106 Å². The summed E-state index contributed by atoms with van der Waals surface area (Å²) in [5.74, 6) is -1.71. The minimum absolute atomic E-state index is 0.167. The van der Waals surface area contributed by atoms with Gasteiger partial charge in [0.2, 0.25) is 5.91 Å². The van der Waals surface area contributed by atoms with E-state index in [0.29, 0.717) is 25.2 Å². The van der Waals surface area contributed by atoms with Gasteiger partial charge in [-0.2, -0.15) is 0 Å². The third-order valence-corrected chi connectivity index (χ3v) is 10.8. The van der Waals surface area contributed by atoms with Crippen molar-refractivity contribution in [2.45, 2.75) is 70.4 Å². The summed E-state index contributed by atoms with van der Waals surface area (Å²) in [5, 5.41) is 22.3. The number of nitrogens with one attached hydrogen (secondary N) is 1. The Bertz CT molecular complexity index is 1820. The molecule has 3 N–H and O–H groups in total. The second-order valence-electron chi connectivity index (χ2n) is 14.9. The number of esters is 1. The van der Waals surface area contributed by atoms with Crippen LogP contribution in [0.2, 0.25) is 0 Å². The lowest BCUT2D eigenvalue weighted by atomic mass is 9.72. The lowest BCUT2D eigenvalue weighted by Gasteiger charge is -2.38. The number of nitrogens with zero attached hydrogens (tertiary/aromatic N) is 1. The Hall–Kier alpha value is -4.83. The zero-order valence-corrected chi connectivity index (χ0v) is 32.4. The van der Waals surface area contributed by atoms with Crippen LogP contribution in [-0.2, 0) is 34.7 Å². The molecule has 286 valence electrons. The van der Waals surface area contributed by atoms with Gasteiger partial charge < -0.3 is 34.6 Å². The van der Waals surface area contributed by atoms with E-state index < -0.39 is 23.2 Å². The molecule has 4 aromatic carbocycles. The predicted octanol–water partition coefficient (Wildman–Crippen LogP) is 5.61. The smallest absolute Gasteiger partial charge is 0.331 e. The first kappa shape index (κ1) is 42.9. The molecule has 11 heteroatoms. The zero-order chi connectivity index (χ0) is 40.0. The van der Waals surface area contributed by atoms with E-state index >= 15 is 0 Å². The van der Waals surface area contributed by atoms with Crippen LogP contribution >= 0.6 is 0 Å². The van der Waals surface area contributed by atoms with Crippen LogP contribution in [0, 0.1) is 11.8 Å². The predicted molar refractivity (Wildman–Crippen MR) is 219 cm³/mol. The number of hydrogen-bond acceptors (Lipinski definition) is 8. The van der Waals surface area contributed by atoms with E-state index in [9.17, 15) is 29.4 Å². The summed E-state index contributed by atoms with van der Waals surface area (Å²) in [4.78, 5) is 48.0. The molecule has 1 fully saturated rings. The van der Waals surface area contributed by atoms with Gasteiger partial charge >= 0.3 is 13.4 Å². The van der Waals surface area contributed by atoms with Crippen molar-refractivity contribution in [3.05, 3.63) is 120 Å². The molecule has 0 aliphatic carbocycles. The van der Waals surface area contributed by atoms with Crippen LogP contribution in [0.1, 0.15) is 58.6 Å². The molecule has 0 saturated carbocycles. The number of ether oxygens (including phenoxy) is 1. The molecule has 4 atom stereocenters. The van der Waals surface area contributed by atoms with Crippen LogP contribution in [0.4, 0.5) is 0 Å². The molecule has 0 aromatic heterocycles. The summed E-state index contributed by atoms with van der Waals surface area (Å²) >= 11 is 0. The van der Waals surface area contributed by atoms with Gasteiger partial charge in [-0.25, -0.2) is 0 Å². The molecule has 2 radical (unpaired) electrons. The van der Waals surface area contributed by atoms with E-state index in [1.807, 2.05) is 36.4 Å². The number of hydrogen-bond donors (Lipinski definition) is 3. The summed E-state index contributed by atoms with van der Waals surface area (Å²) < 4.78 is 5.08. The van der Waals surface area contributed by atoms with Crippen molar-refractivity contribution in [1.29, 1.82) is 0 Å². The third-order valence-electron chi connectivity index (χ3n) is 10.8. The van der Waals surface area contributed by atoms with Crippen molar-refractivity contribution in [2.75, 3.05) is 19.8 Å². The second-order valence-corrected chi connectivity index (χ2v) is 14.9. The maximum absolute atomic E-state index is 12.4. The van der Waals surface area contributed by atoms with Crippen molar-refractivity contribution in [2.24, 2.45) is 11.8 Å². The van der Waals surface area contributed by atoms with E-state index in [4.69, 9.17) is 4.74 Å². The third kappa shape index (κ3) is 10.7. The summed E-state index contributed by atoms with van der Waals surface area (Å²) in [6.07, 6.45) is 2.19. The SMILES string of the molecule is CC(C)(c1ccc(-c2ccccc2)cc1)[C@@H]1C[C@@H](CO)C(=O)N1[B]C=O.CCOC(=O)[C@H](CO)C[C@H](N[B]C=O)C(C)(C)c1ccc(-c2ccccc2)cc1. The lowest BCUT2D eigenvalue weighted by molar-refractivity contribution is -0.150. The number of rotatable bonds is 17. The number of carbonyl (C=O) groups is 4. The lowest BCUT2D eigenvalue weighted by Crippen LogP contribution is -2.49. The molecule has 55 heavy (non-hydrogen) atoms. The standard InChI is InChI=1S/C23H29BNO4.C21H23BNO3/c1-4-29-22(28)19(15-26)14-21(25-24-16-27)23(2,3)20-12-10-18(11-13-20)17-8-6-5-7-9-17;1-21(2,19-12-17(13-24)20(26)23(19)22-14-25)18-10-8-16(9-11-18)15-6-4-3-5-7-15/h5-13,16,19,21,25-26H,4,14-15H2,1-3H3;3-11,14,17,19,24H,12-13H2,1-2H3/t19-,21-;17-,19-/m00/s1. The van der Waals surface area contributed by atoms with Gasteiger partial charge in [-0.3, -0.25) is 9.59 Å². The highest BCUT2D eigenvalue weighted by molar-refractivity contribution is 6.66. The van der Waals surface area contributed by atoms with Gasteiger partial charge in [-0.05, 0) is 53.1 Å². The minimum Gasteiger partial charge on any atom is -0.466 e. The summed E-state index contributed by atoms with van der Waals surface area (Å²) in [6, 6.07) is 36.5. The number of carbonyl (C=O) groups excluding carboxylic acids is 4. The molecule has 0 unspecified atom stereocenters. The quantitative estimate of drug-likeness (QED) is 0.0723. The average molecular weight is 743 g/mol. The van der Waals surface area contributed by atoms with E-state index in [-0.39, 0.29) is 43.2 Å². The van der Waals surface area contributed by atoms with Gasteiger partial charge in [-0.1, -0.05) is 137 Å². The summed E-state index contributed by atoms with van der Waals surface area (Å²) in [6.45, 7) is 9.77. The van der Waals surface area contributed by atoms with Crippen LogP contribution in [0.3, 0.4) is 0 Å². The van der Waals surface area contributed by atoms with Crippen LogP contribution in [0.5, 0.6) is 0 Å². The van der Waals surface area contributed by atoms with Crippen molar-refractivity contribution in [1.82, 2.24) is 10.0 Å². The van der Waals surface area contributed by atoms with Gasteiger partial charge in [0.05, 0.1) is 37.8 Å². The van der Waals surface area contributed by atoms with Crippen molar-refractivity contribution in [3.8, 4) is 22.3 Å². The van der Waals surface area contributed by atoms with Gasteiger partial charge in [0.15, 0.2) is 0 Å². The first-order chi connectivity index (χ1) is 26.4. The molecular weight excluding hydrogens is 690 g/mol. The molecular formula is C44H52B2N2O7. The molecule has 0 bridgehead atoms. The summed E-state index contributed by atoms with van der Waals surface area (Å²) in [7, 11) is 2.63. The van der Waals surface area contributed by atoms with E-state index in [1.54, 1.807) is 6.92 Å². The fourth-order valence-corrected chi connectivity index (χ4v) is 7.24. The summed E-state index contributed by atoms with van der Waals surface area (Å²) in [5.41, 5.74) is 5.95. The molecule has 1 amide bonds. The highest BCUT2D eigenvalue weighted by atomic mass is 16.5. The maximum atomic E-state index is 12.4. The largest absolute Gasteiger partial charge is 0.466 e. The van der Waals surface area contributed by atoms with Crippen LogP contribution in [-0.4, -0.2) is 86.0 Å². The zero-order valence-electron chi connectivity index (χ0n) is 32.4. The Morgan fingerprint density at radius 3 is 1.78 bits per heavy atom. The molecule has 4 aromatic rings. The monoisotopic (exact) mass is 742 g/mol. The topological polar surface area (TPSA) is 133 Å². The molecule has 1 heterocycles. The Morgan fingerprint density at radius 2 is 1.33 bits per heavy atom. The number of benzene rings is 4. The molecule has 1 aliphatic heterocycles. The first-order valence-electron chi connectivity index (χ1n) is 18.8. The highest BCUT2D eigenvalue weighted by Gasteiger charge is 2.46. The van der Waals surface area contributed by atoms with Crippen LogP contribution < -0.4 is 5.23 Å². The van der Waals surface area contributed by atoms with Gasteiger partial charge in [0.1, 0.15) is 6.19 Å². The van der Waals surface area contributed by atoms with E-state index in [1.165, 1.54) is 19.6 Å². The van der Waals surface area contributed by atoms with Crippen LogP contribution in [0.25, 0.3) is 22.3 Å². The fraction of sp³-hybridized carbons (Fsp3) is 0.364. The van der Waals surface area contributed by atoms with Gasteiger partial charge in [-0.15, -0.1) is 0 Å². The second kappa shape index (κ2) is 20.2. The molecule has 1 aliphatic rings. The fourth-order valence-electron chi connectivity index (χ4n) is 7.24. The molecule has 1 saturated heterocycles.